The molecule has 0 aliphatic carbocycles. The first-order chi connectivity index (χ1) is 12.9. The molecule has 1 unspecified atom stereocenters. The number of carbonyl (C=O) groups is 1. The van der Waals surface area contributed by atoms with E-state index in [9.17, 15) is 20.0 Å². The van der Waals surface area contributed by atoms with E-state index in [-0.39, 0.29) is 12.2 Å². The van der Waals surface area contributed by atoms with Crippen molar-refractivity contribution in [3.05, 3.63) is 69.8 Å². The molecule has 0 radical (unpaired) electrons. The third kappa shape index (κ3) is 6.01. The maximum atomic E-state index is 11.6. The lowest BCUT2D eigenvalue weighted by molar-refractivity contribution is -0.384. The molecule has 2 rings (SSSR count). The number of rotatable bonds is 7. The molecule has 0 aliphatic rings. The number of aliphatic hydroxyl groups excluding tert-OH is 1. The molecule has 8 nitrogen and oxygen atoms in total. The van der Waals surface area contributed by atoms with Crippen LogP contribution in [0.15, 0.2) is 48.5 Å². The second-order valence-electron chi connectivity index (χ2n) is 5.50. The normalized spacial score (nSPS) is 11.3. The van der Waals surface area contributed by atoms with Gasteiger partial charge in [-0.25, -0.2) is 4.79 Å². The number of hydrogen-bond acceptors (Lipinski definition) is 6. The number of ether oxygens (including phenoxy) is 1. The zero-order valence-electron chi connectivity index (χ0n) is 14.5. The van der Waals surface area contributed by atoms with Crippen LogP contribution < -0.4 is 10.6 Å². The lowest BCUT2D eigenvalue weighted by Crippen LogP contribution is -2.32. The summed E-state index contributed by atoms with van der Waals surface area (Å²) in [5, 5.41) is 26.9. The number of non-ortho nitro benzene ring substituents is 1. The van der Waals surface area contributed by atoms with Crippen LogP contribution in [0.4, 0.5) is 11.4 Å². The highest BCUT2D eigenvalue weighted by Gasteiger charge is 2.11. The number of benzene rings is 2. The van der Waals surface area contributed by atoms with Crippen LogP contribution in [0.2, 0.25) is 0 Å². The Balaban J connectivity index is 1.84. The van der Waals surface area contributed by atoms with Gasteiger partial charge in [0.25, 0.3) is 5.69 Å². The molecule has 0 aromatic heterocycles. The maximum absolute atomic E-state index is 11.6. The molecule has 0 aliphatic heterocycles. The summed E-state index contributed by atoms with van der Waals surface area (Å²) in [5.74, 6) is -0.393. The Morgan fingerprint density at radius 1 is 1.22 bits per heavy atom. The molecule has 0 heterocycles. The van der Waals surface area contributed by atoms with Crippen LogP contribution in [0.5, 0.6) is 0 Å². The van der Waals surface area contributed by atoms with Gasteiger partial charge in [0, 0.05) is 24.4 Å². The second kappa shape index (κ2) is 9.60. The number of nitrogens with one attached hydrogen (secondary N) is 2. The number of anilines is 1. The van der Waals surface area contributed by atoms with Gasteiger partial charge >= 0.3 is 5.97 Å². The lowest BCUT2D eigenvalue weighted by Gasteiger charge is -2.15. The Hall–Kier alpha value is -3.04. The molecule has 0 bridgehead atoms. The summed E-state index contributed by atoms with van der Waals surface area (Å²) in [6.45, 7) is 2.18. The van der Waals surface area contributed by atoms with E-state index in [4.69, 9.17) is 17.0 Å². The highest BCUT2D eigenvalue weighted by Crippen LogP contribution is 2.17. The van der Waals surface area contributed by atoms with Gasteiger partial charge in [-0.05, 0) is 61.1 Å². The first-order valence-electron chi connectivity index (χ1n) is 8.15. The van der Waals surface area contributed by atoms with E-state index in [1.54, 1.807) is 31.2 Å². The highest BCUT2D eigenvalue weighted by atomic mass is 32.1. The van der Waals surface area contributed by atoms with Crippen LogP contribution in [0, 0.1) is 10.1 Å². The minimum absolute atomic E-state index is 0.0395. The molecule has 142 valence electrons. The van der Waals surface area contributed by atoms with Gasteiger partial charge in [-0.15, -0.1) is 0 Å². The van der Waals surface area contributed by atoms with E-state index in [1.807, 2.05) is 0 Å². The molecule has 1 atom stereocenters. The first kappa shape index (κ1) is 20.3. The summed E-state index contributed by atoms with van der Waals surface area (Å²) in [4.78, 5) is 21.7. The van der Waals surface area contributed by atoms with Crippen molar-refractivity contribution in [2.45, 2.75) is 13.0 Å². The number of nitrogens with zero attached hydrogens (tertiary/aromatic N) is 1. The zero-order valence-corrected chi connectivity index (χ0v) is 15.4. The Bertz CT molecular complexity index is 809. The van der Waals surface area contributed by atoms with Crippen molar-refractivity contribution in [1.29, 1.82) is 0 Å². The largest absolute Gasteiger partial charge is 0.462 e. The molecule has 9 heteroatoms. The monoisotopic (exact) mass is 389 g/mol. The fourth-order valence-corrected chi connectivity index (χ4v) is 2.41. The molecule has 0 amide bonds. The third-order valence-corrected chi connectivity index (χ3v) is 3.84. The van der Waals surface area contributed by atoms with Crippen molar-refractivity contribution < 1.29 is 19.6 Å². The molecular weight excluding hydrogens is 370 g/mol. The Morgan fingerprint density at radius 2 is 1.85 bits per heavy atom. The number of nitro benzene ring substituents is 1. The molecule has 2 aromatic rings. The first-order valence-corrected chi connectivity index (χ1v) is 8.56. The van der Waals surface area contributed by atoms with Gasteiger partial charge in [0.2, 0.25) is 0 Å². The predicted molar refractivity (Wildman–Crippen MR) is 105 cm³/mol. The van der Waals surface area contributed by atoms with Crippen molar-refractivity contribution in [2.75, 3.05) is 18.5 Å². The van der Waals surface area contributed by atoms with Gasteiger partial charge in [0.15, 0.2) is 5.11 Å². The zero-order chi connectivity index (χ0) is 19.8. The van der Waals surface area contributed by atoms with Crippen molar-refractivity contribution in [2.24, 2.45) is 0 Å². The van der Waals surface area contributed by atoms with Crippen molar-refractivity contribution >= 4 is 34.7 Å². The summed E-state index contributed by atoms with van der Waals surface area (Å²) in [6, 6.07) is 12.3. The molecule has 2 aromatic carbocycles. The topological polar surface area (TPSA) is 114 Å². The highest BCUT2D eigenvalue weighted by molar-refractivity contribution is 7.80. The smallest absolute Gasteiger partial charge is 0.338 e. The number of carbonyl (C=O) groups excluding carboxylic acids is 1. The fourth-order valence-electron chi connectivity index (χ4n) is 2.20. The van der Waals surface area contributed by atoms with Crippen LogP contribution in [0.25, 0.3) is 0 Å². The average Bonchev–Trinajstić information content (AvgIpc) is 2.67. The number of aliphatic hydroxyl groups is 1. The average molecular weight is 389 g/mol. The van der Waals surface area contributed by atoms with E-state index >= 15 is 0 Å². The van der Waals surface area contributed by atoms with E-state index in [1.165, 1.54) is 24.3 Å². The number of nitro groups is 1. The summed E-state index contributed by atoms with van der Waals surface area (Å²) < 4.78 is 4.91. The van der Waals surface area contributed by atoms with E-state index in [0.29, 0.717) is 28.5 Å². The van der Waals surface area contributed by atoms with E-state index in [0.717, 1.165) is 0 Å². The molecule has 0 spiro atoms. The lowest BCUT2D eigenvalue weighted by atomic mass is 10.1. The summed E-state index contributed by atoms with van der Waals surface area (Å²) in [7, 11) is 0. The molecule has 27 heavy (non-hydrogen) atoms. The minimum atomic E-state index is -0.878. The number of thiocarbonyl (C=S) groups is 1. The molecule has 0 saturated carbocycles. The van der Waals surface area contributed by atoms with Crippen LogP contribution in [0.3, 0.4) is 0 Å². The van der Waals surface area contributed by atoms with Gasteiger partial charge < -0.3 is 20.5 Å². The van der Waals surface area contributed by atoms with E-state index < -0.39 is 17.0 Å². The Morgan fingerprint density at radius 3 is 2.41 bits per heavy atom. The van der Waals surface area contributed by atoms with Gasteiger partial charge in [0.1, 0.15) is 0 Å². The molecule has 3 N–H and O–H groups in total. The quantitative estimate of drug-likeness (QED) is 0.287. The summed E-state index contributed by atoms with van der Waals surface area (Å²) in [5.41, 5.74) is 1.61. The standard InChI is InChI=1S/C18H19N3O5S/c1-2-26-17(23)13-3-7-14(8-4-13)20-18(27)19-11-16(22)12-5-9-15(10-6-12)21(24)25/h3-10,16,22H,2,11H2,1H3,(H2,19,20,27). The van der Waals surface area contributed by atoms with Crippen molar-refractivity contribution in [1.82, 2.24) is 5.32 Å². The van der Waals surface area contributed by atoms with E-state index in [2.05, 4.69) is 10.6 Å². The Kier molecular flexibility index (Phi) is 7.21. The summed E-state index contributed by atoms with van der Waals surface area (Å²) in [6.07, 6.45) is -0.878. The van der Waals surface area contributed by atoms with Gasteiger partial charge in [-0.2, -0.15) is 0 Å². The Labute approximate surface area is 161 Å². The van der Waals surface area contributed by atoms with Crippen LogP contribution in [0.1, 0.15) is 28.9 Å². The summed E-state index contributed by atoms with van der Waals surface area (Å²) >= 11 is 5.17. The predicted octanol–water partition coefficient (Wildman–Crippen LogP) is 2.79. The number of hydrogen-bond donors (Lipinski definition) is 3. The minimum Gasteiger partial charge on any atom is -0.462 e. The van der Waals surface area contributed by atoms with Gasteiger partial charge in [0.05, 0.1) is 23.2 Å². The maximum Gasteiger partial charge on any atom is 0.338 e. The van der Waals surface area contributed by atoms with Gasteiger partial charge in [-0.3, -0.25) is 10.1 Å². The van der Waals surface area contributed by atoms with Crippen LogP contribution in [-0.2, 0) is 4.74 Å². The van der Waals surface area contributed by atoms with Gasteiger partial charge in [-0.1, -0.05) is 0 Å². The van der Waals surface area contributed by atoms with Crippen LogP contribution in [-0.4, -0.2) is 34.3 Å². The molecule has 0 saturated heterocycles. The van der Waals surface area contributed by atoms with Crippen molar-refractivity contribution in [3.8, 4) is 0 Å². The number of esters is 1. The van der Waals surface area contributed by atoms with Crippen LogP contribution >= 0.6 is 12.2 Å². The third-order valence-electron chi connectivity index (χ3n) is 3.60. The van der Waals surface area contributed by atoms with Crippen molar-refractivity contribution in [3.63, 3.8) is 0 Å². The SMILES string of the molecule is CCOC(=O)c1ccc(NC(=S)NCC(O)c2ccc([N+](=O)[O-])cc2)cc1. The molecular formula is C18H19N3O5S. The second-order valence-corrected chi connectivity index (χ2v) is 5.91. The fraction of sp³-hybridized carbons (Fsp3) is 0.222. The molecule has 0 fully saturated rings.